The van der Waals surface area contributed by atoms with Crippen LogP contribution in [0.1, 0.15) is 24.2 Å². The van der Waals surface area contributed by atoms with E-state index in [-0.39, 0.29) is 11.7 Å². The van der Waals surface area contributed by atoms with Crippen molar-refractivity contribution in [2.24, 2.45) is 7.05 Å². The molecule has 134 valence electrons. The van der Waals surface area contributed by atoms with Gasteiger partial charge in [0.2, 0.25) is 5.91 Å². The van der Waals surface area contributed by atoms with Gasteiger partial charge in [-0.1, -0.05) is 23.9 Å². The van der Waals surface area contributed by atoms with Crippen LogP contribution in [0.15, 0.2) is 52.2 Å². The third-order valence-electron chi connectivity index (χ3n) is 3.76. The summed E-state index contributed by atoms with van der Waals surface area (Å²) >= 11 is 1.29. The number of rotatable bonds is 6. The first-order chi connectivity index (χ1) is 12.5. The minimum Gasteiger partial charge on any atom is -0.461 e. The molecule has 0 spiro atoms. The highest BCUT2D eigenvalue weighted by atomic mass is 32.2. The molecule has 0 aliphatic carbocycles. The third kappa shape index (κ3) is 3.85. The van der Waals surface area contributed by atoms with Crippen LogP contribution in [0.25, 0.3) is 11.6 Å². The van der Waals surface area contributed by atoms with E-state index in [1.165, 1.54) is 18.7 Å². The first-order valence-corrected chi connectivity index (χ1v) is 8.85. The molecule has 0 aliphatic rings. The van der Waals surface area contributed by atoms with Gasteiger partial charge in [0.1, 0.15) is 0 Å². The Morgan fingerprint density at radius 2 is 2.04 bits per heavy atom. The lowest BCUT2D eigenvalue weighted by Gasteiger charge is -2.12. The van der Waals surface area contributed by atoms with E-state index in [4.69, 9.17) is 4.42 Å². The van der Waals surface area contributed by atoms with Gasteiger partial charge < -0.3 is 14.3 Å². The average molecular weight is 370 g/mol. The molecule has 0 unspecified atom stereocenters. The maximum atomic E-state index is 12.5. The van der Waals surface area contributed by atoms with Gasteiger partial charge in [0, 0.05) is 18.3 Å². The smallest absolute Gasteiger partial charge is 0.237 e. The standard InChI is InChI=1S/C18H18N4O3S/c1-11(23)13-6-4-7-14(10-13)19-17(24)12(2)26-18-21-20-16(22(18)3)15-8-5-9-25-15/h4-10,12H,1-3H3,(H,19,24)/t12-/m1/s1. The van der Waals surface area contributed by atoms with Crippen LogP contribution in [-0.4, -0.2) is 31.7 Å². The number of anilines is 1. The maximum absolute atomic E-state index is 12.5. The van der Waals surface area contributed by atoms with Crippen molar-refractivity contribution in [2.75, 3.05) is 5.32 Å². The van der Waals surface area contributed by atoms with Gasteiger partial charge in [0.05, 0.1) is 11.5 Å². The van der Waals surface area contributed by atoms with E-state index in [0.29, 0.717) is 28.0 Å². The molecule has 0 fully saturated rings. The van der Waals surface area contributed by atoms with Gasteiger partial charge in [-0.05, 0) is 38.1 Å². The number of furan rings is 1. The molecule has 1 N–H and O–H groups in total. The molecule has 8 heteroatoms. The monoisotopic (exact) mass is 370 g/mol. The number of amides is 1. The van der Waals surface area contributed by atoms with Crippen molar-refractivity contribution in [1.82, 2.24) is 14.8 Å². The molecule has 1 aromatic carbocycles. The summed E-state index contributed by atoms with van der Waals surface area (Å²) in [6.07, 6.45) is 1.57. The number of ketones is 1. The Hall–Kier alpha value is -2.87. The summed E-state index contributed by atoms with van der Waals surface area (Å²) in [5, 5.41) is 11.3. The van der Waals surface area contributed by atoms with Crippen LogP contribution >= 0.6 is 11.8 Å². The molecule has 1 amide bonds. The van der Waals surface area contributed by atoms with E-state index in [0.717, 1.165) is 0 Å². The minimum absolute atomic E-state index is 0.0481. The van der Waals surface area contributed by atoms with E-state index in [1.54, 1.807) is 54.2 Å². The fourth-order valence-corrected chi connectivity index (χ4v) is 3.12. The number of aromatic nitrogens is 3. The summed E-state index contributed by atoms with van der Waals surface area (Å²) in [7, 11) is 1.82. The number of nitrogens with zero attached hydrogens (tertiary/aromatic N) is 3. The molecular formula is C18H18N4O3S. The van der Waals surface area contributed by atoms with Crippen LogP contribution in [0.3, 0.4) is 0 Å². The summed E-state index contributed by atoms with van der Waals surface area (Å²) < 4.78 is 7.12. The normalized spacial score (nSPS) is 12.0. The quantitative estimate of drug-likeness (QED) is 0.528. The molecule has 26 heavy (non-hydrogen) atoms. The highest BCUT2D eigenvalue weighted by Crippen LogP contribution is 2.26. The number of hydrogen-bond acceptors (Lipinski definition) is 6. The SMILES string of the molecule is CC(=O)c1cccc(NC(=O)[C@@H](C)Sc2nnc(-c3ccco3)n2C)c1. The lowest BCUT2D eigenvalue weighted by Crippen LogP contribution is -2.23. The Morgan fingerprint density at radius 1 is 1.23 bits per heavy atom. The Bertz CT molecular complexity index is 934. The second kappa shape index (κ2) is 7.57. The highest BCUT2D eigenvalue weighted by molar-refractivity contribution is 8.00. The molecule has 2 aromatic heterocycles. The zero-order chi connectivity index (χ0) is 18.7. The highest BCUT2D eigenvalue weighted by Gasteiger charge is 2.20. The zero-order valence-electron chi connectivity index (χ0n) is 14.6. The Kier molecular flexibility index (Phi) is 5.22. The van der Waals surface area contributed by atoms with E-state index in [1.807, 2.05) is 7.05 Å². The predicted molar refractivity (Wildman–Crippen MR) is 99.1 cm³/mol. The Morgan fingerprint density at radius 3 is 2.73 bits per heavy atom. The van der Waals surface area contributed by atoms with Gasteiger partial charge in [0.25, 0.3) is 0 Å². The average Bonchev–Trinajstić information content (AvgIpc) is 3.25. The number of benzene rings is 1. The van der Waals surface area contributed by atoms with Crippen LogP contribution in [0, 0.1) is 0 Å². The molecule has 3 rings (SSSR count). The van der Waals surface area contributed by atoms with Crippen LogP contribution in [-0.2, 0) is 11.8 Å². The lowest BCUT2D eigenvalue weighted by atomic mass is 10.1. The van der Waals surface area contributed by atoms with Crippen LogP contribution in [0.4, 0.5) is 5.69 Å². The largest absolute Gasteiger partial charge is 0.461 e. The second-order valence-corrected chi connectivity index (χ2v) is 7.04. The topological polar surface area (TPSA) is 90.0 Å². The van der Waals surface area contributed by atoms with E-state index < -0.39 is 5.25 Å². The summed E-state index contributed by atoms with van der Waals surface area (Å²) in [6, 6.07) is 10.4. The first-order valence-electron chi connectivity index (χ1n) is 7.97. The summed E-state index contributed by atoms with van der Waals surface area (Å²) in [4.78, 5) is 23.9. The van der Waals surface area contributed by atoms with Crippen molar-refractivity contribution >= 4 is 29.1 Å². The number of Topliss-reactive ketones (excluding diaryl/α,β-unsaturated/α-hetero) is 1. The van der Waals surface area contributed by atoms with Crippen molar-refractivity contribution in [3.8, 4) is 11.6 Å². The number of hydrogen-bond donors (Lipinski definition) is 1. The van der Waals surface area contributed by atoms with Crippen LogP contribution < -0.4 is 5.32 Å². The van der Waals surface area contributed by atoms with Crippen molar-refractivity contribution < 1.29 is 14.0 Å². The molecule has 0 radical (unpaired) electrons. The summed E-state index contributed by atoms with van der Waals surface area (Å²) in [6.45, 7) is 3.28. The van der Waals surface area contributed by atoms with Gasteiger partial charge in [-0.25, -0.2) is 0 Å². The van der Waals surface area contributed by atoms with E-state index >= 15 is 0 Å². The van der Waals surface area contributed by atoms with E-state index in [9.17, 15) is 9.59 Å². The molecule has 0 saturated carbocycles. The van der Waals surface area contributed by atoms with Crippen molar-refractivity contribution in [3.63, 3.8) is 0 Å². The van der Waals surface area contributed by atoms with Crippen molar-refractivity contribution in [3.05, 3.63) is 48.2 Å². The number of nitrogens with one attached hydrogen (secondary N) is 1. The van der Waals surface area contributed by atoms with Gasteiger partial charge in [-0.2, -0.15) is 0 Å². The lowest BCUT2D eigenvalue weighted by molar-refractivity contribution is -0.115. The van der Waals surface area contributed by atoms with E-state index in [2.05, 4.69) is 15.5 Å². The van der Waals surface area contributed by atoms with Crippen molar-refractivity contribution in [2.45, 2.75) is 24.3 Å². The molecule has 7 nitrogen and oxygen atoms in total. The third-order valence-corrected chi connectivity index (χ3v) is 4.90. The molecule has 0 saturated heterocycles. The van der Waals surface area contributed by atoms with Crippen LogP contribution in [0.2, 0.25) is 0 Å². The molecular weight excluding hydrogens is 352 g/mol. The minimum atomic E-state index is -0.400. The molecule has 2 heterocycles. The van der Waals surface area contributed by atoms with Crippen molar-refractivity contribution in [1.29, 1.82) is 0 Å². The zero-order valence-corrected chi connectivity index (χ0v) is 15.4. The summed E-state index contributed by atoms with van der Waals surface area (Å²) in [5.41, 5.74) is 1.14. The fraction of sp³-hybridized carbons (Fsp3) is 0.222. The van der Waals surface area contributed by atoms with Gasteiger partial charge in [-0.3, -0.25) is 9.59 Å². The molecule has 1 atom stereocenters. The number of thioether (sulfide) groups is 1. The summed E-state index contributed by atoms with van der Waals surface area (Å²) in [5.74, 6) is 0.982. The Labute approximate surface area is 154 Å². The number of carbonyl (C=O) groups excluding carboxylic acids is 2. The van der Waals surface area contributed by atoms with Gasteiger partial charge in [-0.15, -0.1) is 10.2 Å². The molecule has 0 bridgehead atoms. The maximum Gasteiger partial charge on any atom is 0.237 e. The van der Waals surface area contributed by atoms with Gasteiger partial charge in [0.15, 0.2) is 22.5 Å². The predicted octanol–water partition coefficient (Wildman–Crippen LogP) is 3.40. The Balaban J connectivity index is 1.68. The fourth-order valence-electron chi connectivity index (χ4n) is 2.31. The van der Waals surface area contributed by atoms with Gasteiger partial charge >= 0.3 is 0 Å². The first kappa shape index (κ1) is 17.9. The number of carbonyl (C=O) groups is 2. The second-order valence-electron chi connectivity index (χ2n) is 5.73. The molecule has 0 aliphatic heterocycles. The molecule has 3 aromatic rings. The van der Waals surface area contributed by atoms with Crippen LogP contribution in [0.5, 0.6) is 0 Å².